The van der Waals surface area contributed by atoms with Crippen LogP contribution in [-0.4, -0.2) is 17.0 Å². The second-order valence-corrected chi connectivity index (χ2v) is 4.68. The molecule has 0 aliphatic heterocycles. The van der Waals surface area contributed by atoms with Gasteiger partial charge in [-0.15, -0.1) is 0 Å². The third-order valence-electron chi connectivity index (χ3n) is 2.45. The van der Waals surface area contributed by atoms with Gasteiger partial charge in [0, 0.05) is 17.7 Å². The predicted octanol–water partition coefficient (Wildman–Crippen LogP) is 3.17. The summed E-state index contributed by atoms with van der Waals surface area (Å²) in [5.74, 6) is 1.43. The molecule has 2 rings (SSSR count). The van der Waals surface area contributed by atoms with Gasteiger partial charge in [-0.2, -0.15) is 0 Å². The third kappa shape index (κ3) is 3.20. The number of hydrogen-bond donors (Lipinski definition) is 1. The number of anilines is 1. The highest BCUT2D eigenvalue weighted by Gasteiger charge is 2.01. The Morgan fingerprint density at radius 2 is 2.17 bits per heavy atom. The number of aromatic nitrogens is 2. The number of benzene rings is 1. The standard InChI is InChI=1S/C13H14BrN3O/c1-9-7-11(3-4-12(9)14)18-8-10-5-6-16-13(15-2)17-10/h3-7H,8H2,1-2H3,(H,15,16,17). The summed E-state index contributed by atoms with van der Waals surface area (Å²) in [5, 5.41) is 2.90. The molecule has 0 spiro atoms. The molecule has 0 fully saturated rings. The lowest BCUT2D eigenvalue weighted by atomic mass is 10.2. The van der Waals surface area contributed by atoms with E-state index in [9.17, 15) is 0 Å². The van der Waals surface area contributed by atoms with E-state index in [1.807, 2.05) is 31.2 Å². The lowest BCUT2D eigenvalue weighted by Gasteiger charge is -2.08. The molecule has 1 aromatic heterocycles. The minimum absolute atomic E-state index is 0.429. The maximum atomic E-state index is 5.69. The van der Waals surface area contributed by atoms with Crippen LogP contribution in [0.3, 0.4) is 0 Å². The Balaban J connectivity index is 2.04. The Bertz CT molecular complexity index is 546. The molecular weight excluding hydrogens is 294 g/mol. The van der Waals surface area contributed by atoms with Crippen LogP contribution < -0.4 is 10.1 Å². The summed E-state index contributed by atoms with van der Waals surface area (Å²) in [5.41, 5.74) is 1.99. The van der Waals surface area contributed by atoms with Crippen molar-refractivity contribution in [1.82, 2.24) is 9.97 Å². The van der Waals surface area contributed by atoms with E-state index in [0.717, 1.165) is 21.5 Å². The van der Waals surface area contributed by atoms with E-state index < -0.39 is 0 Å². The van der Waals surface area contributed by atoms with Crippen LogP contribution in [0.2, 0.25) is 0 Å². The molecule has 0 saturated heterocycles. The van der Waals surface area contributed by atoms with Crippen LogP contribution in [-0.2, 0) is 6.61 Å². The summed E-state index contributed by atoms with van der Waals surface area (Å²) < 4.78 is 6.77. The van der Waals surface area contributed by atoms with Crippen molar-refractivity contribution in [1.29, 1.82) is 0 Å². The first kappa shape index (κ1) is 12.8. The summed E-state index contributed by atoms with van der Waals surface area (Å²) in [6.45, 7) is 2.46. The molecule has 0 amide bonds. The number of rotatable bonds is 4. The molecule has 0 radical (unpaired) electrons. The van der Waals surface area contributed by atoms with Gasteiger partial charge in [0.1, 0.15) is 12.4 Å². The van der Waals surface area contributed by atoms with Crippen molar-refractivity contribution in [2.45, 2.75) is 13.5 Å². The van der Waals surface area contributed by atoms with Gasteiger partial charge in [-0.25, -0.2) is 9.97 Å². The average Bonchev–Trinajstić information content (AvgIpc) is 2.40. The Morgan fingerprint density at radius 3 is 2.89 bits per heavy atom. The van der Waals surface area contributed by atoms with Crippen molar-refractivity contribution in [3.05, 3.63) is 46.2 Å². The molecule has 18 heavy (non-hydrogen) atoms. The van der Waals surface area contributed by atoms with Crippen molar-refractivity contribution in [2.24, 2.45) is 0 Å². The highest BCUT2D eigenvalue weighted by Crippen LogP contribution is 2.22. The first-order chi connectivity index (χ1) is 8.69. The molecule has 0 aliphatic rings. The minimum Gasteiger partial charge on any atom is -0.487 e. The minimum atomic E-state index is 0.429. The first-order valence-corrected chi connectivity index (χ1v) is 6.37. The van der Waals surface area contributed by atoms with E-state index in [1.165, 1.54) is 0 Å². The van der Waals surface area contributed by atoms with E-state index in [4.69, 9.17) is 4.74 Å². The summed E-state index contributed by atoms with van der Waals surface area (Å²) >= 11 is 3.46. The molecule has 4 nitrogen and oxygen atoms in total. The van der Waals surface area contributed by atoms with Gasteiger partial charge in [-0.1, -0.05) is 15.9 Å². The molecule has 1 heterocycles. The van der Waals surface area contributed by atoms with Crippen LogP contribution in [0.1, 0.15) is 11.3 Å². The van der Waals surface area contributed by atoms with E-state index >= 15 is 0 Å². The Kier molecular flexibility index (Phi) is 4.15. The Hall–Kier alpha value is -1.62. The highest BCUT2D eigenvalue weighted by molar-refractivity contribution is 9.10. The molecule has 0 unspecified atom stereocenters. The van der Waals surface area contributed by atoms with Crippen molar-refractivity contribution in [3.63, 3.8) is 0 Å². The van der Waals surface area contributed by atoms with Gasteiger partial charge in [0.15, 0.2) is 0 Å². The fourth-order valence-corrected chi connectivity index (χ4v) is 1.71. The van der Waals surface area contributed by atoms with Gasteiger partial charge in [-0.3, -0.25) is 0 Å². The van der Waals surface area contributed by atoms with Crippen molar-refractivity contribution in [2.75, 3.05) is 12.4 Å². The van der Waals surface area contributed by atoms with Crippen LogP contribution in [0.4, 0.5) is 5.95 Å². The number of halogens is 1. The molecular formula is C13H14BrN3O. The zero-order chi connectivity index (χ0) is 13.0. The molecule has 5 heteroatoms. The number of nitrogens with one attached hydrogen (secondary N) is 1. The van der Waals surface area contributed by atoms with Gasteiger partial charge < -0.3 is 10.1 Å². The summed E-state index contributed by atoms with van der Waals surface area (Å²) in [6.07, 6.45) is 1.71. The molecule has 1 aromatic carbocycles. The summed E-state index contributed by atoms with van der Waals surface area (Å²) in [7, 11) is 1.79. The number of hydrogen-bond acceptors (Lipinski definition) is 4. The van der Waals surface area contributed by atoms with Crippen LogP contribution in [0.25, 0.3) is 0 Å². The van der Waals surface area contributed by atoms with Crippen molar-refractivity contribution in [3.8, 4) is 5.75 Å². The third-order valence-corrected chi connectivity index (χ3v) is 3.34. The zero-order valence-corrected chi connectivity index (χ0v) is 11.9. The monoisotopic (exact) mass is 307 g/mol. The Labute approximate surface area is 115 Å². The van der Waals surface area contributed by atoms with E-state index in [1.54, 1.807) is 13.2 Å². The fourth-order valence-electron chi connectivity index (χ4n) is 1.46. The average molecular weight is 308 g/mol. The van der Waals surface area contributed by atoms with E-state index in [-0.39, 0.29) is 0 Å². The zero-order valence-electron chi connectivity index (χ0n) is 10.3. The predicted molar refractivity (Wildman–Crippen MR) is 74.8 cm³/mol. The molecule has 2 aromatic rings. The molecule has 0 saturated carbocycles. The lowest BCUT2D eigenvalue weighted by Crippen LogP contribution is -2.02. The maximum Gasteiger partial charge on any atom is 0.222 e. The molecule has 94 valence electrons. The SMILES string of the molecule is CNc1nccc(COc2ccc(Br)c(C)c2)n1. The largest absolute Gasteiger partial charge is 0.487 e. The molecule has 1 N–H and O–H groups in total. The normalized spacial score (nSPS) is 10.2. The molecule has 0 atom stereocenters. The topological polar surface area (TPSA) is 47.0 Å². The van der Waals surface area contributed by atoms with Crippen molar-refractivity contribution < 1.29 is 4.74 Å². The van der Waals surface area contributed by atoms with Crippen LogP contribution in [0.5, 0.6) is 5.75 Å². The second kappa shape index (κ2) is 5.82. The van der Waals surface area contributed by atoms with Gasteiger partial charge in [0.05, 0.1) is 5.69 Å². The number of nitrogens with zero attached hydrogens (tertiary/aromatic N) is 2. The number of aryl methyl sites for hydroxylation is 1. The van der Waals surface area contributed by atoms with Crippen LogP contribution in [0.15, 0.2) is 34.9 Å². The van der Waals surface area contributed by atoms with Gasteiger partial charge in [0.25, 0.3) is 0 Å². The summed E-state index contributed by atoms with van der Waals surface area (Å²) in [4.78, 5) is 8.34. The van der Waals surface area contributed by atoms with Crippen molar-refractivity contribution >= 4 is 21.9 Å². The maximum absolute atomic E-state index is 5.69. The van der Waals surface area contributed by atoms with E-state index in [0.29, 0.717) is 12.6 Å². The smallest absolute Gasteiger partial charge is 0.222 e. The fraction of sp³-hybridized carbons (Fsp3) is 0.231. The first-order valence-electron chi connectivity index (χ1n) is 5.57. The highest BCUT2D eigenvalue weighted by atomic mass is 79.9. The van der Waals surface area contributed by atoms with Gasteiger partial charge in [0.2, 0.25) is 5.95 Å². The molecule has 0 aliphatic carbocycles. The van der Waals surface area contributed by atoms with Crippen LogP contribution in [0, 0.1) is 6.92 Å². The van der Waals surface area contributed by atoms with Gasteiger partial charge in [-0.05, 0) is 36.8 Å². The van der Waals surface area contributed by atoms with E-state index in [2.05, 4.69) is 31.2 Å². The Morgan fingerprint density at radius 1 is 1.33 bits per heavy atom. The molecule has 0 bridgehead atoms. The second-order valence-electron chi connectivity index (χ2n) is 3.82. The lowest BCUT2D eigenvalue weighted by molar-refractivity contribution is 0.301. The quantitative estimate of drug-likeness (QED) is 0.942. The van der Waals surface area contributed by atoms with Crippen LogP contribution >= 0.6 is 15.9 Å². The number of ether oxygens (including phenoxy) is 1. The summed E-state index contributed by atoms with van der Waals surface area (Å²) in [6, 6.07) is 7.73. The van der Waals surface area contributed by atoms with Gasteiger partial charge >= 0.3 is 0 Å².